The second kappa shape index (κ2) is 8.02. The summed E-state index contributed by atoms with van der Waals surface area (Å²) < 4.78 is 0. The van der Waals surface area contributed by atoms with Gasteiger partial charge in [0.1, 0.15) is 5.78 Å². The molecule has 84 valence electrons. The van der Waals surface area contributed by atoms with Crippen LogP contribution in [0.4, 0.5) is 0 Å². The van der Waals surface area contributed by atoms with Crippen LogP contribution < -0.4 is 0 Å². The Labute approximate surface area is 89.3 Å². The van der Waals surface area contributed by atoms with Crippen molar-refractivity contribution >= 4 is 5.78 Å². The second-order valence-corrected chi connectivity index (χ2v) is 4.48. The molecule has 0 heterocycles. The molecule has 0 amide bonds. The third-order valence-electron chi connectivity index (χ3n) is 3.15. The quantitative estimate of drug-likeness (QED) is 0.571. The van der Waals surface area contributed by atoms with Crippen molar-refractivity contribution in [3.63, 3.8) is 0 Å². The number of hydrogen-bond donors (Lipinski definition) is 0. The molecule has 2 unspecified atom stereocenters. The van der Waals surface area contributed by atoms with Crippen molar-refractivity contribution < 1.29 is 4.79 Å². The number of rotatable bonds is 8. The number of Topliss-reactive ketones (excluding diaryl/α,β-unsaturated/α-hetero) is 1. The average molecular weight is 198 g/mol. The van der Waals surface area contributed by atoms with E-state index in [9.17, 15) is 4.79 Å². The lowest BCUT2D eigenvalue weighted by molar-refractivity contribution is -0.123. The normalized spacial score (nSPS) is 15.1. The summed E-state index contributed by atoms with van der Waals surface area (Å²) in [6.45, 7) is 8.65. The monoisotopic (exact) mass is 198 g/mol. The zero-order valence-corrected chi connectivity index (χ0v) is 10.3. The number of ketones is 1. The van der Waals surface area contributed by atoms with E-state index in [-0.39, 0.29) is 5.92 Å². The fraction of sp³-hybridized carbons (Fsp3) is 0.923. The van der Waals surface area contributed by atoms with Crippen molar-refractivity contribution in [1.29, 1.82) is 0 Å². The third kappa shape index (κ3) is 5.41. The van der Waals surface area contributed by atoms with Crippen LogP contribution in [-0.4, -0.2) is 5.78 Å². The Balaban J connectivity index is 3.78. The minimum absolute atomic E-state index is 0.271. The number of carbonyl (C=O) groups is 1. The molecular weight excluding hydrogens is 172 g/mol. The molecule has 0 aliphatic carbocycles. The van der Waals surface area contributed by atoms with E-state index < -0.39 is 0 Å². The predicted molar refractivity (Wildman–Crippen MR) is 62.4 cm³/mol. The van der Waals surface area contributed by atoms with E-state index in [1.807, 2.05) is 0 Å². The van der Waals surface area contributed by atoms with E-state index in [1.54, 1.807) is 0 Å². The van der Waals surface area contributed by atoms with E-state index >= 15 is 0 Å². The van der Waals surface area contributed by atoms with Crippen LogP contribution in [0.5, 0.6) is 0 Å². The molecule has 0 N–H and O–H groups in total. The summed E-state index contributed by atoms with van der Waals surface area (Å²) in [6, 6.07) is 0. The molecule has 1 heteroatoms. The molecule has 0 radical (unpaired) electrons. The summed E-state index contributed by atoms with van der Waals surface area (Å²) in [5.74, 6) is 1.31. The van der Waals surface area contributed by atoms with Gasteiger partial charge in [0, 0.05) is 12.3 Å². The zero-order valence-electron chi connectivity index (χ0n) is 10.3. The van der Waals surface area contributed by atoms with E-state index in [1.165, 1.54) is 19.3 Å². The molecule has 14 heavy (non-hydrogen) atoms. The van der Waals surface area contributed by atoms with Gasteiger partial charge in [-0.2, -0.15) is 0 Å². The maximum Gasteiger partial charge on any atom is 0.135 e. The highest BCUT2D eigenvalue weighted by molar-refractivity contribution is 5.80. The third-order valence-corrected chi connectivity index (χ3v) is 3.15. The summed E-state index contributed by atoms with van der Waals surface area (Å²) in [5.41, 5.74) is 0. The topological polar surface area (TPSA) is 17.1 Å². The van der Waals surface area contributed by atoms with Gasteiger partial charge in [-0.3, -0.25) is 4.79 Å². The lowest BCUT2D eigenvalue weighted by Crippen LogP contribution is -2.18. The summed E-state index contributed by atoms with van der Waals surface area (Å²) in [4.78, 5) is 11.7. The minimum Gasteiger partial charge on any atom is -0.299 e. The Morgan fingerprint density at radius 1 is 1.07 bits per heavy atom. The molecule has 0 spiro atoms. The first-order valence-electron chi connectivity index (χ1n) is 6.16. The standard InChI is InChI=1S/C13H26O/c1-5-7-9-11(3)12(4)13(14)10-8-6-2/h11-12H,5-10H2,1-4H3. The maximum atomic E-state index is 11.7. The van der Waals surface area contributed by atoms with Crippen LogP contribution in [0.1, 0.15) is 66.2 Å². The van der Waals surface area contributed by atoms with Crippen LogP contribution in [0.25, 0.3) is 0 Å². The molecule has 0 aromatic heterocycles. The molecule has 0 saturated carbocycles. The molecule has 0 saturated heterocycles. The van der Waals surface area contributed by atoms with E-state index in [0.717, 1.165) is 19.3 Å². The van der Waals surface area contributed by atoms with E-state index in [4.69, 9.17) is 0 Å². The summed E-state index contributed by atoms with van der Waals surface area (Å²) >= 11 is 0. The van der Waals surface area contributed by atoms with Crippen molar-refractivity contribution in [3.05, 3.63) is 0 Å². The number of carbonyl (C=O) groups excluding carboxylic acids is 1. The highest BCUT2D eigenvalue weighted by atomic mass is 16.1. The highest BCUT2D eigenvalue weighted by Gasteiger charge is 2.18. The highest BCUT2D eigenvalue weighted by Crippen LogP contribution is 2.20. The predicted octanol–water partition coefficient (Wildman–Crippen LogP) is 4.21. The number of unbranched alkanes of at least 4 members (excludes halogenated alkanes) is 2. The van der Waals surface area contributed by atoms with E-state index in [2.05, 4.69) is 27.7 Å². The van der Waals surface area contributed by atoms with Crippen molar-refractivity contribution in [2.45, 2.75) is 66.2 Å². The number of hydrogen-bond acceptors (Lipinski definition) is 1. The smallest absolute Gasteiger partial charge is 0.135 e. The van der Waals surface area contributed by atoms with Crippen molar-refractivity contribution in [3.8, 4) is 0 Å². The molecule has 2 atom stereocenters. The van der Waals surface area contributed by atoms with Gasteiger partial charge in [-0.15, -0.1) is 0 Å². The molecule has 0 aromatic rings. The van der Waals surface area contributed by atoms with Crippen LogP contribution in [0.2, 0.25) is 0 Å². The van der Waals surface area contributed by atoms with Gasteiger partial charge < -0.3 is 0 Å². The van der Waals surface area contributed by atoms with Gasteiger partial charge in [0.2, 0.25) is 0 Å². The van der Waals surface area contributed by atoms with Crippen molar-refractivity contribution in [2.75, 3.05) is 0 Å². The molecule has 0 bridgehead atoms. The van der Waals surface area contributed by atoms with Crippen LogP contribution in [0.3, 0.4) is 0 Å². The minimum atomic E-state index is 0.271. The van der Waals surface area contributed by atoms with Gasteiger partial charge in [-0.1, -0.05) is 53.4 Å². The van der Waals surface area contributed by atoms with Crippen LogP contribution in [0.15, 0.2) is 0 Å². The zero-order chi connectivity index (χ0) is 11.0. The summed E-state index contributed by atoms with van der Waals surface area (Å²) in [5, 5.41) is 0. The van der Waals surface area contributed by atoms with Crippen LogP contribution >= 0.6 is 0 Å². The molecular formula is C13H26O. The Kier molecular flexibility index (Phi) is 7.83. The van der Waals surface area contributed by atoms with Gasteiger partial charge in [0.15, 0.2) is 0 Å². The fourth-order valence-corrected chi connectivity index (χ4v) is 1.67. The van der Waals surface area contributed by atoms with Crippen molar-refractivity contribution in [2.24, 2.45) is 11.8 Å². The summed E-state index contributed by atoms with van der Waals surface area (Å²) in [6.07, 6.45) is 6.67. The lowest BCUT2D eigenvalue weighted by atomic mass is 9.86. The maximum absolute atomic E-state index is 11.7. The molecule has 0 aromatic carbocycles. The summed E-state index contributed by atoms with van der Waals surface area (Å²) in [7, 11) is 0. The van der Waals surface area contributed by atoms with Gasteiger partial charge in [0.25, 0.3) is 0 Å². The second-order valence-electron chi connectivity index (χ2n) is 4.48. The Bertz CT molecular complexity index is 151. The molecule has 0 aliphatic rings. The fourth-order valence-electron chi connectivity index (χ4n) is 1.67. The Morgan fingerprint density at radius 2 is 1.64 bits per heavy atom. The molecule has 1 nitrogen and oxygen atoms in total. The molecule has 0 aliphatic heterocycles. The average Bonchev–Trinajstić information content (AvgIpc) is 2.21. The van der Waals surface area contributed by atoms with Gasteiger partial charge in [0.05, 0.1) is 0 Å². The molecule has 0 fully saturated rings. The van der Waals surface area contributed by atoms with Gasteiger partial charge in [-0.25, -0.2) is 0 Å². The van der Waals surface area contributed by atoms with Crippen molar-refractivity contribution in [1.82, 2.24) is 0 Å². The van der Waals surface area contributed by atoms with Gasteiger partial charge >= 0.3 is 0 Å². The SMILES string of the molecule is CCCCC(=O)C(C)C(C)CCCC. The van der Waals surface area contributed by atoms with Crippen LogP contribution in [-0.2, 0) is 4.79 Å². The lowest BCUT2D eigenvalue weighted by Gasteiger charge is -2.18. The Hall–Kier alpha value is -0.330. The first kappa shape index (κ1) is 13.7. The first-order chi connectivity index (χ1) is 6.63. The van der Waals surface area contributed by atoms with Gasteiger partial charge in [-0.05, 0) is 12.3 Å². The Morgan fingerprint density at radius 3 is 2.14 bits per heavy atom. The largest absolute Gasteiger partial charge is 0.299 e. The first-order valence-corrected chi connectivity index (χ1v) is 6.16. The van der Waals surface area contributed by atoms with Crippen LogP contribution in [0, 0.1) is 11.8 Å². The molecule has 0 rings (SSSR count). The van der Waals surface area contributed by atoms with E-state index in [0.29, 0.717) is 11.7 Å².